The first-order valence-corrected chi connectivity index (χ1v) is 9.89. The number of ether oxygens (including phenoxy) is 2. The highest BCUT2D eigenvalue weighted by atomic mass is 127. The van der Waals surface area contributed by atoms with E-state index >= 15 is 0 Å². The highest BCUT2D eigenvalue weighted by Crippen LogP contribution is 2.21. The molecule has 0 bridgehead atoms. The van der Waals surface area contributed by atoms with Gasteiger partial charge >= 0.3 is 5.97 Å². The molecule has 1 saturated heterocycles. The van der Waals surface area contributed by atoms with Gasteiger partial charge in [0.1, 0.15) is 6.54 Å². The number of hydrogen-bond donors (Lipinski definition) is 1. The van der Waals surface area contributed by atoms with E-state index in [-0.39, 0.29) is 48.4 Å². The summed E-state index contributed by atoms with van der Waals surface area (Å²) in [6.07, 6.45) is 5.17. The van der Waals surface area contributed by atoms with Crippen LogP contribution >= 0.6 is 24.0 Å². The Kier molecular flexibility index (Phi) is 11.7. The highest BCUT2D eigenvalue weighted by Gasteiger charge is 2.25. The molecule has 1 fully saturated rings. The Morgan fingerprint density at radius 3 is 2.83 bits per heavy atom. The Morgan fingerprint density at radius 1 is 1.40 bits per heavy atom. The van der Waals surface area contributed by atoms with Gasteiger partial charge in [0.25, 0.3) is 0 Å². The fourth-order valence-corrected chi connectivity index (χ4v) is 3.04. The number of guanidine groups is 1. The van der Waals surface area contributed by atoms with Crippen LogP contribution in [0.2, 0.25) is 0 Å². The maximum absolute atomic E-state index is 12.0. The number of rotatable bonds is 8. The molecule has 0 radical (unpaired) electrons. The number of nitrogens with zero attached hydrogens (tertiary/aromatic N) is 5. The molecule has 2 rings (SSSR count). The number of nitrogens with one attached hydrogen (secondary N) is 1. The number of methoxy groups -OCH3 is 1. The third-order valence-electron chi connectivity index (χ3n) is 4.63. The molecule has 0 saturated carbocycles. The van der Waals surface area contributed by atoms with Crippen LogP contribution in [0.1, 0.15) is 36.2 Å². The number of aromatic nitrogens is 2. The van der Waals surface area contributed by atoms with Crippen molar-refractivity contribution in [3.05, 3.63) is 18.0 Å². The monoisotopic (exact) mass is 536 g/mol. The number of likely N-dealkylation sites (N-methyl/N-ethyl adjacent to an activating group) is 1. The van der Waals surface area contributed by atoms with Crippen molar-refractivity contribution >= 4 is 41.8 Å². The van der Waals surface area contributed by atoms with Crippen molar-refractivity contribution in [2.45, 2.75) is 25.8 Å². The van der Waals surface area contributed by atoms with Gasteiger partial charge < -0.3 is 24.6 Å². The molecule has 1 aromatic heterocycles. The van der Waals surface area contributed by atoms with Gasteiger partial charge in [-0.3, -0.25) is 9.48 Å². The van der Waals surface area contributed by atoms with Gasteiger partial charge in [-0.15, -0.1) is 24.0 Å². The van der Waals surface area contributed by atoms with Crippen molar-refractivity contribution in [2.75, 3.05) is 60.6 Å². The van der Waals surface area contributed by atoms with Gasteiger partial charge in [-0.2, -0.15) is 5.10 Å². The van der Waals surface area contributed by atoms with Gasteiger partial charge in [0.05, 0.1) is 31.0 Å². The van der Waals surface area contributed by atoms with Gasteiger partial charge in [-0.05, 0) is 19.8 Å². The minimum absolute atomic E-state index is 0. The lowest BCUT2D eigenvalue weighted by atomic mass is 10.1. The molecular weight excluding hydrogens is 503 g/mol. The molecule has 30 heavy (non-hydrogen) atoms. The largest absolute Gasteiger partial charge is 0.462 e. The van der Waals surface area contributed by atoms with E-state index in [4.69, 9.17) is 9.47 Å². The van der Waals surface area contributed by atoms with E-state index in [1.54, 1.807) is 40.5 Å². The summed E-state index contributed by atoms with van der Waals surface area (Å²) in [5.74, 6) is 0.257. The Hall–Kier alpha value is -1.89. The topological polar surface area (TPSA) is 101 Å². The van der Waals surface area contributed by atoms with Crippen molar-refractivity contribution < 1.29 is 19.1 Å². The van der Waals surface area contributed by atoms with Gasteiger partial charge in [0.2, 0.25) is 5.91 Å². The molecule has 1 aromatic rings. The van der Waals surface area contributed by atoms with Gasteiger partial charge in [-0.25, -0.2) is 9.79 Å². The average molecular weight is 536 g/mol. The lowest BCUT2D eigenvalue weighted by Crippen LogP contribution is -2.48. The van der Waals surface area contributed by atoms with Crippen LogP contribution in [-0.4, -0.2) is 98.0 Å². The summed E-state index contributed by atoms with van der Waals surface area (Å²) in [7, 11) is 5.07. The molecule has 1 amide bonds. The first kappa shape index (κ1) is 26.1. The lowest BCUT2D eigenvalue weighted by Gasteiger charge is -2.35. The number of carbonyl (C=O) groups is 2. The van der Waals surface area contributed by atoms with Crippen LogP contribution in [0.15, 0.2) is 17.4 Å². The first-order chi connectivity index (χ1) is 14.0. The molecule has 10 nitrogen and oxygen atoms in total. The molecule has 0 aliphatic carbocycles. The predicted molar refractivity (Wildman–Crippen MR) is 124 cm³/mol. The minimum Gasteiger partial charge on any atom is -0.462 e. The second kappa shape index (κ2) is 13.4. The molecule has 0 spiro atoms. The van der Waals surface area contributed by atoms with Crippen LogP contribution in [0.25, 0.3) is 0 Å². The Bertz CT molecular complexity index is 709. The molecule has 1 aliphatic rings. The normalized spacial score (nSPS) is 16.6. The van der Waals surface area contributed by atoms with Gasteiger partial charge in [0.15, 0.2) is 5.96 Å². The Morgan fingerprint density at radius 2 is 2.17 bits per heavy atom. The zero-order valence-electron chi connectivity index (χ0n) is 18.2. The minimum atomic E-state index is -0.364. The highest BCUT2D eigenvalue weighted by molar-refractivity contribution is 14.0. The Balaban J connectivity index is 0.00000450. The molecule has 1 atom stereocenters. The van der Waals surface area contributed by atoms with Crippen LogP contribution in [0.4, 0.5) is 0 Å². The van der Waals surface area contributed by atoms with E-state index in [0.29, 0.717) is 37.8 Å². The molecule has 1 unspecified atom stereocenters. The van der Waals surface area contributed by atoms with Crippen molar-refractivity contribution in [3.8, 4) is 0 Å². The number of aliphatic imine (C=N–C) groups is 1. The zero-order valence-corrected chi connectivity index (χ0v) is 20.5. The van der Waals surface area contributed by atoms with Crippen LogP contribution in [0, 0.1) is 0 Å². The summed E-state index contributed by atoms with van der Waals surface area (Å²) in [5.41, 5.74) is 0.452. The molecule has 11 heteroatoms. The van der Waals surface area contributed by atoms with E-state index in [1.165, 1.54) is 4.90 Å². The number of halogens is 1. The van der Waals surface area contributed by atoms with Crippen LogP contribution in [-0.2, 0) is 14.3 Å². The van der Waals surface area contributed by atoms with Crippen molar-refractivity contribution in [3.63, 3.8) is 0 Å². The second-order valence-corrected chi connectivity index (χ2v) is 7.02. The van der Waals surface area contributed by atoms with E-state index in [0.717, 1.165) is 19.4 Å². The second-order valence-electron chi connectivity index (χ2n) is 7.02. The summed E-state index contributed by atoms with van der Waals surface area (Å²) in [5, 5.41) is 7.63. The fourth-order valence-electron chi connectivity index (χ4n) is 3.04. The number of piperidine rings is 1. The number of hydrogen-bond acceptors (Lipinski definition) is 6. The number of esters is 1. The van der Waals surface area contributed by atoms with Crippen molar-refractivity contribution in [1.29, 1.82) is 0 Å². The van der Waals surface area contributed by atoms with Crippen LogP contribution < -0.4 is 5.32 Å². The molecule has 170 valence electrons. The summed E-state index contributed by atoms with van der Waals surface area (Å²) in [6.45, 7) is 4.84. The van der Waals surface area contributed by atoms with Crippen molar-refractivity contribution in [1.82, 2.24) is 24.9 Å². The first-order valence-electron chi connectivity index (χ1n) is 9.89. The summed E-state index contributed by atoms with van der Waals surface area (Å²) >= 11 is 0. The maximum Gasteiger partial charge on any atom is 0.341 e. The van der Waals surface area contributed by atoms with Crippen LogP contribution in [0.3, 0.4) is 0 Å². The summed E-state index contributed by atoms with van der Waals surface area (Å²) < 4.78 is 12.0. The maximum atomic E-state index is 12.0. The molecular formula is C19H33IN6O4. The lowest BCUT2D eigenvalue weighted by molar-refractivity contribution is -0.127. The molecule has 1 N–H and O–H groups in total. The predicted octanol–water partition coefficient (Wildman–Crippen LogP) is 0.995. The SMILES string of the molecule is CCOC(=O)c1cnn(C2CCCN(C(=NCC(=O)N(C)C)NCCOC)C2)c1.I. The van der Waals surface area contributed by atoms with E-state index in [2.05, 4.69) is 20.3 Å². The third kappa shape index (κ3) is 7.74. The zero-order chi connectivity index (χ0) is 21.2. The van der Waals surface area contributed by atoms with Crippen LogP contribution in [0.5, 0.6) is 0 Å². The van der Waals surface area contributed by atoms with Crippen molar-refractivity contribution in [2.24, 2.45) is 4.99 Å². The molecule has 2 heterocycles. The smallest absolute Gasteiger partial charge is 0.341 e. The Labute approximate surface area is 195 Å². The van der Waals surface area contributed by atoms with Gasteiger partial charge in [-0.1, -0.05) is 0 Å². The quantitative estimate of drug-likeness (QED) is 0.174. The molecule has 1 aliphatic heterocycles. The fraction of sp³-hybridized carbons (Fsp3) is 0.684. The number of carbonyl (C=O) groups excluding carboxylic acids is 2. The summed E-state index contributed by atoms with van der Waals surface area (Å²) in [4.78, 5) is 32.0. The summed E-state index contributed by atoms with van der Waals surface area (Å²) in [6, 6.07) is 0.103. The van der Waals surface area contributed by atoms with E-state index < -0.39 is 0 Å². The van der Waals surface area contributed by atoms with E-state index in [1.807, 2.05) is 4.68 Å². The van der Waals surface area contributed by atoms with E-state index in [9.17, 15) is 9.59 Å². The van der Waals surface area contributed by atoms with Gasteiger partial charge in [0, 0.05) is 47.0 Å². The number of likely N-dealkylation sites (tertiary alicyclic amines) is 1. The average Bonchev–Trinajstić information content (AvgIpc) is 3.21. The molecule has 0 aromatic carbocycles. The standard InChI is InChI=1S/C19H32N6O4.HI/c1-5-29-18(27)15-11-22-25(13-15)16-7-6-9-24(14-16)19(20-8-10-28-4)21-12-17(26)23(2)3;/h11,13,16H,5-10,12,14H2,1-4H3,(H,20,21);1H. The third-order valence-corrected chi connectivity index (χ3v) is 4.63. The number of amides is 1.